The lowest BCUT2D eigenvalue weighted by Gasteiger charge is -2.29. The standard InChI is InChI=1S/C29H28ClF3N6O3/c1-4-38-8-6-22(36-38)26-35-27(40)23(28(41)37-7-5-16(14-37)24-21(33)11-18(30)13-34-24)29(42)39(26)25(15(2)3)17-9-19(31)12-20(32)10-17/h6,8-13,15-16,25,42H,4-5,7,14H2,1-3H3/t16?,25-/m0/s1. The van der Waals surface area contributed by atoms with Gasteiger partial charge in [0.25, 0.3) is 11.5 Å². The molecule has 0 aliphatic carbocycles. The van der Waals surface area contributed by atoms with Crippen LogP contribution in [0.15, 0.2) is 47.5 Å². The van der Waals surface area contributed by atoms with Gasteiger partial charge in [0.15, 0.2) is 11.4 Å². The molecule has 0 radical (unpaired) electrons. The van der Waals surface area contributed by atoms with E-state index in [4.69, 9.17) is 11.6 Å². The van der Waals surface area contributed by atoms with E-state index in [9.17, 15) is 27.9 Å². The van der Waals surface area contributed by atoms with Gasteiger partial charge in [0.05, 0.1) is 16.8 Å². The molecule has 4 heterocycles. The third-order valence-electron chi connectivity index (χ3n) is 7.34. The van der Waals surface area contributed by atoms with Gasteiger partial charge in [-0.2, -0.15) is 10.1 Å². The second kappa shape index (κ2) is 11.6. The molecule has 0 spiro atoms. The van der Waals surface area contributed by atoms with Crippen molar-refractivity contribution in [3.8, 4) is 17.4 Å². The van der Waals surface area contributed by atoms with Crippen molar-refractivity contribution in [1.29, 1.82) is 0 Å². The summed E-state index contributed by atoms with van der Waals surface area (Å²) < 4.78 is 46.0. The summed E-state index contributed by atoms with van der Waals surface area (Å²) in [5.74, 6) is -4.72. The Kier molecular flexibility index (Phi) is 8.09. The Balaban J connectivity index is 1.63. The topological polar surface area (TPSA) is 106 Å². The fourth-order valence-corrected chi connectivity index (χ4v) is 5.58. The van der Waals surface area contributed by atoms with Gasteiger partial charge in [-0.05, 0) is 49.1 Å². The van der Waals surface area contributed by atoms with E-state index in [0.29, 0.717) is 13.0 Å². The fourth-order valence-electron chi connectivity index (χ4n) is 5.44. The van der Waals surface area contributed by atoms with E-state index in [0.717, 1.165) is 24.3 Å². The molecule has 4 aromatic rings. The lowest BCUT2D eigenvalue weighted by atomic mass is 9.94. The number of benzene rings is 1. The van der Waals surface area contributed by atoms with Crippen LogP contribution >= 0.6 is 11.6 Å². The van der Waals surface area contributed by atoms with Crippen LogP contribution in [-0.2, 0) is 6.54 Å². The molecule has 0 bridgehead atoms. The first kappa shape index (κ1) is 29.3. The van der Waals surface area contributed by atoms with Crippen LogP contribution in [-0.4, -0.2) is 53.3 Å². The van der Waals surface area contributed by atoms with Crippen LogP contribution in [0.2, 0.25) is 5.02 Å². The molecule has 1 aromatic carbocycles. The summed E-state index contributed by atoms with van der Waals surface area (Å²) in [5.41, 5.74) is -1.09. The van der Waals surface area contributed by atoms with E-state index < -0.39 is 58.2 Å². The Morgan fingerprint density at radius 3 is 2.50 bits per heavy atom. The van der Waals surface area contributed by atoms with Crippen molar-refractivity contribution in [2.24, 2.45) is 5.92 Å². The Morgan fingerprint density at radius 1 is 1.17 bits per heavy atom. The molecular weight excluding hydrogens is 573 g/mol. The Bertz CT molecular complexity index is 1700. The predicted octanol–water partition coefficient (Wildman–Crippen LogP) is 5.17. The second-order valence-corrected chi connectivity index (χ2v) is 11.0. The lowest BCUT2D eigenvalue weighted by molar-refractivity contribution is 0.0783. The van der Waals surface area contributed by atoms with E-state index in [-0.39, 0.29) is 40.9 Å². The monoisotopic (exact) mass is 600 g/mol. The number of halogens is 4. The highest BCUT2D eigenvalue weighted by molar-refractivity contribution is 6.30. The molecular formula is C29H28ClF3N6O3. The molecule has 1 unspecified atom stereocenters. The molecule has 1 aliphatic rings. The SMILES string of the molecule is CCn1ccc(-c2nc(=O)c(C(=O)N3CCC(c4ncc(Cl)cc4F)C3)c(O)n2[C@H](c2cc(F)cc(F)c2)C(C)C)n1. The molecule has 13 heteroatoms. The number of aromatic hydroxyl groups is 1. The molecule has 1 aliphatic heterocycles. The van der Waals surface area contributed by atoms with Gasteiger partial charge in [0.1, 0.15) is 23.1 Å². The highest BCUT2D eigenvalue weighted by Crippen LogP contribution is 2.37. The molecule has 1 saturated heterocycles. The Labute approximate surface area is 244 Å². The van der Waals surface area contributed by atoms with Gasteiger partial charge in [0, 0.05) is 44.0 Å². The second-order valence-electron chi connectivity index (χ2n) is 10.5. The number of hydrogen-bond acceptors (Lipinski definition) is 6. The van der Waals surface area contributed by atoms with Crippen LogP contribution in [0.25, 0.3) is 11.5 Å². The zero-order valence-corrected chi connectivity index (χ0v) is 23.8. The molecule has 5 rings (SSSR count). The summed E-state index contributed by atoms with van der Waals surface area (Å²) in [4.78, 5) is 36.7. The van der Waals surface area contributed by atoms with Crippen molar-refractivity contribution in [3.63, 3.8) is 0 Å². The van der Waals surface area contributed by atoms with Crippen molar-refractivity contribution >= 4 is 17.5 Å². The third-order valence-corrected chi connectivity index (χ3v) is 7.55. The van der Waals surface area contributed by atoms with Gasteiger partial charge in [0.2, 0.25) is 5.88 Å². The van der Waals surface area contributed by atoms with Crippen molar-refractivity contribution in [1.82, 2.24) is 29.2 Å². The third kappa shape index (κ3) is 5.50. The summed E-state index contributed by atoms with van der Waals surface area (Å²) >= 11 is 5.82. The van der Waals surface area contributed by atoms with Crippen LogP contribution in [0.3, 0.4) is 0 Å². The summed E-state index contributed by atoms with van der Waals surface area (Å²) in [6, 6.07) is 4.76. The number of pyridine rings is 1. The molecule has 3 aromatic heterocycles. The first-order chi connectivity index (χ1) is 20.0. The zero-order valence-electron chi connectivity index (χ0n) is 23.1. The molecule has 220 valence electrons. The summed E-state index contributed by atoms with van der Waals surface area (Å²) in [6.45, 7) is 6.10. The van der Waals surface area contributed by atoms with Crippen molar-refractivity contribution in [2.75, 3.05) is 13.1 Å². The summed E-state index contributed by atoms with van der Waals surface area (Å²) in [6.07, 6.45) is 3.34. The van der Waals surface area contributed by atoms with Gasteiger partial charge in [-0.15, -0.1) is 0 Å². The Morgan fingerprint density at radius 2 is 1.88 bits per heavy atom. The number of carbonyl (C=O) groups is 1. The van der Waals surface area contributed by atoms with Crippen molar-refractivity contribution in [2.45, 2.75) is 45.7 Å². The van der Waals surface area contributed by atoms with E-state index in [2.05, 4.69) is 15.1 Å². The zero-order chi connectivity index (χ0) is 30.3. The van der Waals surface area contributed by atoms with Crippen molar-refractivity contribution < 1.29 is 23.1 Å². The highest BCUT2D eigenvalue weighted by atomic mass is 35.5. The first-order valence-corrected chi connectivity index (χ1v) is 13.8. The van der Waals surface area contributed by atoms with E-state index in [1.807, 2.05) is 6.92 Å². The molecule has 9 nitrogen and oxygen atoms in total. The number of aromatic nitrogens is 5. The molecule has 1 N–H and O–H groups in total. The lowest BCUT2D eigenvalue weighted by Crippen LogP contribution is -2.35. The fraction of sp³-hybridized carbons (Fsp3) is 0.345. The highest BCUT2D eigenvalue weighted by Gasteiger charge is 2.36. The quantitative estimate of drug-likeness (QED) is 0.314. The van der Waals surface area contributed by atoms with Gasteiger partial charge < -0.3 is 10.0 Å². The van der Waals surface area contributed by atoms with Crippen LogP contribution in [0.1, 0.15) is 60.8 Å². The number of carbonyl (C=O) groups excluding carboxylic acids is 1. The maximum absolute atomic E-state index is 14.5. The Hall–Kier alpha value is -4.19. The predicted molar refractivity (Wildman–Crippen MR) is 149 cm³/mol. The molecule has 1 fully saturated rings. The number of nitrogens with zero attached hydrogens (tertiary/aromatic N) is 6. The molecule has 1 amide bonds. The van der Waals surface area contributed by atoms with Crippen LogP contribution < -0.4 is 5.56 Å². The van der Waals surface area contributed by atoms with Crippen LogP contribution in [0.4, 0.5) is 13.2 Å². The number of aryl methyl sites for hydroxylation is 1. The maximum atomic E-state index is 14.5. The smallest absolute Gasteiger partial charge is 0.290 e. The van der Waals surface area contributed by atoms with E-state index in [1.165, 1.54) is 15.7 Å². The van der Waals surface area contributed by atoms with E-state index >= 15 is 0 Å². The van der Waals surface area contributed by atoms with Gasteiger partial charge in [-0.25, -0.2) is 13.2 Å². The normalized spacial score (nSPS) is 15.9. The van der Waals surface area contributed by atoms with Gasteiger partial charge >= 0.3 is 0 Å². The van der Waals surface area contributed by atoms with Gasteiger partial charge in [-0.1, -0.05) is 25.4 Å². The minimum absolute atomic E-state index is 0.0363. The molecule has 0 saturated carbocycles. The minimum atomic E-state index is -0.998. The number of rotatable bonds is 7. The minimum Gasteiger partial charge on any atom is -0.494 e. The number of amides is 1. The van der Waals surface area contributed by atoms with Crippen molar-refractivity contribution in [3.05, 3.63) is 92.4 Å². The summed E-state index contributed by atoms with van der Waals surface area (Å²) in [5, 5.41) is 16.2. The van der Waals surface area contributed by atoms with Crippen LogP contribution in [0, 0.1) is 23.4 Å². The average molecular weight is 601 g/mol. The average Bonchev–Trinajstić information content (AvgIpc) is 3.59. The number of hydrogen-bond donors (Lipinski definition) is 1. The maximum Gasteiger partial charge on any atom is 0.290 e. The molecule has 2 atom stereocenters. The van der Waals surface area contributed by atoms with Gasteiger partial charge in [-0.3, -0.25) is 23.8 Å². The van der Waals surface area contributed by atoms with E-state index in [1.54, 1.807) is 30.8 Å². The number of likely N-dealkylation sites (tertiary alicyclic amines) is 1. The first-order valence-electron chi connectivity index (χ1n) is 13.4. The largest absolute Gasteiger partial charge is 0.494 e. The summed E-state index contributed by atoms with van der Waals surface area (Å²) in [7, 11) is 0. The molecule has 42 heavy (non-hydrogen) atoms. The van der Waals surface area contributed by atoms with Crippen LogP contribution in [0.5, 0.6) is 5.88 Å².